The molecule has 0 radical (unpaired) electrons. The highest BCUT2D eigenvalue weighted by molar-refractivity contribution is 4.87. The molecule has 0 unspecified atom stereocenters. The number of hydrogen-bond donors (Lipinski definition) is 1. The third kappa shape index (κ3) is 1.42. The van der Waals surface area contributed by atoms with Gasteiger partial charge in [0.2, 0.25) is 0 Å². The van der Waals surface area contributed by atoms with Gasteiger partial charge < -0.3 is 10.2 Å². The van der Waals surface area contributed by atoms with Crippen LogP contribution in [-0.2, 0) is 0 Å². The lowest BCUT2D eigenvalue weighted by Gasteiger charge is -2.25. The Morgan fingerprint density at radius 1 is 1.36 bits per heavy atom. The van der Waals surface area contributed by atoms with Crippen molar-refractivity contribution < 1.29 is 0 Å². The lowest BCUT2D eigenvalue weighted by Crippen LogP contribution is -2.34. The number of fused-ring (bicyclic) bond motifs is 1. The van der Waals surface area contributed by atoms with E-state index in [1.807, 2.05) is 0 Å². The van der Waals surface area contributed by atoms with Gasteiger partial charge in [0.25, 0.3) is 0 Å². The van der Waals surface area contributed by atoms with Crippen molar-refractivity contribution in [3.63, 3.8) is 0 Å². The van der Waals surface area contributed by atoms with E-state index in [2.05, 4.69) is 17.3 Å². The van der Waals surface area contributed by atoms with E-state index in [0.29, 0.717) is 0 Å². The molecule has 0 amide bonds. The second kappa shape index (κ2) is 3.11. The van der Waals surface area contributed by atoms with Crippen LogP contribution in [0.4, 0.5) is 0 Å². The zero-order valence-corrected chi connectivity index (χ0v) is 7.34. The van der Waals surface area contributed by atoms with Crippen molar-refractivity contribution in [3.05, 3.63) is 0 Å². The van der Waals surface area contributed by atoms with E-state index in [9.17, 15) is 0 Å². The standard InChI is InChI=1S/C9H18N2/c1-11-6-5-10-7-8-3-2-4-9(8)11/h8-10H,2-7H2,1H3/t8-,9-/m0/s1. The summed E-state index contributed by atoms with van der Waals surface area (Å²) in [5.74, 6) is 0.947. The molecule has 1 N–H and O–H groups in total. The molecule has 1 saturated heterocycles. The number of hydrogen-bond acceptors (Lipinski definition) is 2. The Hall–Kier alpha value is -0.0800. The van der Waals surface area contributed by atoms with Crippen LogP contribution in [0.5, 0.6) is 0 Å². The van der Waals surface area contributed by atoms with E-state index in [-0.39, 0.29) is 0 Å². The van der Waals surface area contributed by atoms with E-state index >= 15 is 0 Å². The highest BCUT2D eigenvalue weighted by Crippen LogP contribution is 2.29. The van der Waals surface area contributed by atoms with Gasteiger partial charge in [0.1, 0.15) is 0 Å². The van der Waals surface area contributed by atoms with Gasteiger partial charge >= 0.3 is 0 Å². The lowest BCUT2D eigenvalue weighted by molar-refractivity contribution is 0.224. The van der Waals surface area contributed by atoms with Gasteiger partial charge in [-0.1, -0.05) is 6.42 Å². The topological polar surface area (TPSA) is 15.3 Å². The molecular formula is C9H18N2. The fourth-order valence-electron chi connectivity index (χ4n) is 2.54. The Labute approximate surface area is 69.0 Å². The molecule has 1 saturated carbocycles. The summed E-state index contributed by atoms with van der Waals surface area (Å²) in [6, 6.07) is 0.894. The quantitative estimate of drug-likeness (QED) is 0.552. The molecule has 0 bridgehead atoms. The average molecular weight is 154 g/mol. The molecule has 2 rings (SSSR count). The van der Waals surface area contributed by atoms with Gasteiger partial charge in [-0.05, 0) is 32.4 Å². The van der Waals surface area contributed by atoms with Gasteiger partial charge in [0, 0.05) is 19.1 Å². The summed E-state index contributed by atoms with van der Waals surface area (Å²) in [5, 5.41) is 3.51. The first-order valence-electron chi connectivity index (χ1n) is 4.79. The zero-order valence-electron chi connectivity index (χ0n) is 7.34. The molecule has 0 spiro atoms. The third-order valence-electron chi connectivity index (χ3n) is 3.23. The number of nitrogens with one attached hydrogen (secondary N) is 1. The summed E-state index contributed by atoms with van der Waals surface area (Å²) in [6.07, 6.45) is 4.33. The molecule has 2 fully saturated rings. The maximum atomic E-state index is 3.51. The molecule has 1 aliphatic heterocycles. The Balaban J connectivity index is 2.03. The number of rotatable bonds is 0. The lowest BCUT2D eigenvalue weighted by atomic mass is 10.0. The fraction of sp³-hybridized carbons (Fsp3) is 1.00. The monoisotopic (exact) mass is 154 g/mol. The molecule has 2 aliphatic rings. The average Bonchev–Trinajstić information content (AvgIpc) is 2.40. The van der Waals surface area contributed by atoms with Crippen molar-refractivity contribution in [1.82, 2.24) is 10.2 Å². The number of nitrogens with zero attached hydrogens (tertiary/aromatic N) is 1. The van der Waals surface area contributed by atoms with Gasteiger partial charge in [-0.2, -0.15) is 0 Å². The second-order valence-corrected chi connectivity index (χ2v) is 3.94. The van der Waals surface area contributed by atoms with Crippen LogP contribution in [-0.4, -0.2) is 37.6 Å². The highest BCUT2D eigenvalue weighted by Gasteiger charge is 2.31. The third-order valence-corrected chi connectivity index (χ3v) is 3.23. The van der Waals surface area contributed by atoms with Crippen molar-refractivity contribution in [2.75, 3.05) is 26.7 Å². The first kappa shape index (κ1) is 7.56. The predicted molar refractivity (Wildman–Crippen MR) is 46.6 cm³/mol. The van der Waals surface area contributed by atoms with E-state index in [1.165, 1.54) is 38.9 Å². The minimum atomic E-state index is 0.894. The second-order valence-electron chi connectivity index (χ2n) is 3.94. The van der Waals surface area contributed by atoms with Crippen LogP contribution in [0.25, 0.3) is 0 Å². The van der Waals surface area contributed by atoms with Gasteiger partial charge in [-0.15, -0.1) is 0 Å². The minimum Gasteiger partial charge on any atom is -0.315 e. The van der Waals surface area contributed by atoms with E-state index in [1.54, 1.807) is 0 Å². The molecule has 0 aromatic heterocycles. The number of likely N-dealkylation sites (N-methyl/N-ethyl adjacent to an activating group) is 1. The van der Waals surface area contributed by atoms with E-state index in [4.69, 9.17) is 0 Å². The first-order chi connectivity index (χ1) is 5.38. The van der Waals surface area contributed by atoms with Gasteiger partial charge in [0.15, 0.2) is 0 Å². The largest absolute Gasteiger partial charge is 0.315 e. The molecular weight excluding hydrogens is 136 g/mol. The van der Waals surface area contributed by atoms with E-state index < -0.39 is 0 Å². The molecule has 1 aliphatic carbocycles. The van der Waals surface area contributed by atoms with Gasteiger partial charge in [-0.25, -0.2) is 0 Å². The molecule has 0 aromatic carbocycles. The van der Waals surface area contributed by atoms with Crippen LogP contribution in [0.1, 0.15) is 19.3 Å². The zero-order chi connectivity index (χ0) is 7.68. The van der Waals surface area contributed by atoms with Crippen LogP contribution in [0.15, 0.2) is 0 Å². The highest BCUT2D eigenvalue weighted by atomic mass is 15.2. The summed E-state index contributed by atoms with van der Waals surface area (Å²) in [5.41, 5.74) is 0. The van der Waals surface area contributed by atoms with Crippen molar-refractivity contribution >= 4 is 0 Å². The Morgan fingerprint density at radius 3 is 3.18 bits per heavy atom. The normalized spacial score (nSPS) is 40.1. The van der Waals surface area contributed by atoms with Crippen LogP contribution < -0.4 is 5.32 Å². The summed E-state index contributed by atoms with van der Waals surface area (Å²) in [6.45, 7) is 3.68. The SMILES string of the molecule is CN1CCNC[C@@H]2CCC[C@@H]21. The van der Waals surface area contributed by atoms with Gasteiger partial charge in [0.05, 0.1) is 0 Å². The van der Waals surface area contributed by atoms with Crippen molar-refractivity contribution in [2.24, 2.45) is 5.92 Å². The van der Waals surface area contributed by atoms with Crippen LogP contribution in [0.2, 0.25) is 0 Å². The molecule has 2 nitrogen and oxygen atoms in total. The molecule has 1 heterocycles. The van der Waals surface area contributed by atoms with Gasteiger partial charge in [-0.3, -0.25) is 0 Å². The Morgan fingerprint density at radius 2 is 2.27 bits per heavy atom. The Kier molecular flexibility index (Phi) is 2.14. The first-order valence-corrected chi connectivity index (χ1v) is 4.79. The molecule has 11 heavy (non-hydrogen) atoms. The predicted octanol–water partition coefficient (Wildman–Crippen LogP) is 0.690. The van der Waals surface area contributed by atoms with Crippen LogP contribution in [0.3, 0.4) is 0 Å². The van der Waals surface area contributed by atoms with Crippen molar-refractivity contribution in [3.8, 4) is 0 Å². The maximum Gasteiger partial charge on any atom is 0.0133 e. The van der Waals surface area contributed by atoms with Crippen molar-refractivity contribution in [1.29, 1.82) is 0 Å². The fourth-order valence-corrected chi connectivity index (χ4v) is 2.54. The van der Waals surface area contributed by atoms with Crippen LogP contribution >= 0.6 is 0 Å². The summed E-state index contributed by atoms with van der Waals surface area (Å²) in [7, 11) is 2.27. The molecule has 64 valence electrons. The molecule has 0 aromatic rings. The Bertz CT molecular complexity index is 136. The van der Waals surface area contributed by atoms with Crippen molar-refractivity contribution in [2.45, 2.75) is 25.3 Å². The summed E-state index contributed by atoms with van der Waals surface area (Å²) < 4.78 is 0. The maximum absolute atomic E-state index is 3.51. The molecule has 2 heteroatoms. The van der Waals surface area contributed by atoms with E-state index in [0.717, 1.165) is 12.0 Å². The summed E-state index contributed by atoms with van der Waals surface area (Å²) in [4.78, 5) is 2.54. The van der Waals surface area contributed by atoms with Crippen LogP contribution in [0, 0.1) is 5.92 Å². The summed E-state index contributed by atoms with van der Waals surface area (Å²) >= 11 is 0. The minimum absolute atomic E-state index is 0.894. The smallest absolute Gasteiger partial charge is 0.0133 e. The molecule has 2 atom stereocenters.